The number of alkyl carbamates (subject to hydrolysis) is 1. The zero-order valence-electron chi connectivity index (χ0n) is 15.1. The topological polar surface area (TPSA) is 81.5 Å². The lowest BCUT2D eigenvalue weighted by Crippen LogP contribution is -2.40. The Kier molecular flexibility index (Phi) is 4.44. The monoisotopic (exact) mass is 354 g/mol. The van der Waals surface area contributed by atoms with Crippen molar-refractivity contribution in [3.05, 3.63) is 75.8 Å². The highest BCUT2D eigenvalue weighted by atomic mass is 16.6. The highest BCUT2D eigenvalue weighted by Gasteiger charge is 2.57. The van der Waals surface area contributed by atoms with E-state index in [4.69, 9.17) is 4.74 Å². The highest BCUT2D eigenvalue weighted by molar-refractivity contribution is 5.71. The van der Waals surface area contributed by atoms with Gasteiger partial charge >= 0.3 is 6.09 Å². The summed E-state index contributed by atoms with van der Waals surface area (Å²) in [7, 11) is 0. The van der Waals surface area contributed by atoms with Crippen molar-refractivity contribution in [3.8, 4) is 0 Å². The Bertz CT molecular complexity index is 812. The SMILES string of the molecule is CC(C)(C)OC(=O)NC1(c2ccc([N+](=O)[O-])cc2)CC1c1ccccc1. The molecule has 6 nitrogen and oxygen atoms in total. The van der Waals surface area contributed by atoms with Crippen LogP contribution in [0, 0.1) is 10.1 Å². The van der Waals surface area contributed by atoms with E-state index in [2.05, 4.69) is 5.32 Å². The fraction of sp³-hybridized carbons (Fsp3) is 0.350. The molecule has 2 aromatic rings. The largest absolute Gasteiger partial charge is 0.444 e. The molecule has 1 N–H and O–H groups in total. The van der Waals surface area contributed by atoms with Crippen LogP contribution in [0.15, 0.2) is 54.6 Å². The molecule has 0 spiro atoms. The Labute approximate surface area is 152 Å². The smallest absolute Gasteiger partial charge is 0.408 e. The van der Waals surface area contributed by atoms with Crippen molar-refractivity contribution in [2.45, 2.75) is 44.2 Å². The summed E-state index contributed by atoms with van der Waals surface area (Å²) in [6.07, 6.45) is 0.225. The molecule has 2 unspecified atom stereocenters. The minimum Gasteiger partial charge on any atom is -0.444 e. The van der Waals surface area contributed by atoms with E-state index in [1.807, 2.05) is 51.1 Å². The van der Waals surface area contributed by atoms with E-state index in [0.717, 1.165) is 11.1 Å². The van der Waals surface area contributed by atoms with Crippen molar-refractivity contribution in [2.75, 3.05) is 0 Å². The predicted octanol–water partition coefficient (Wildman–Crippen LogP) is 4.50. The molecule has 0 radical (unpaired) electrons. The summed E-state index contributed by atoms with van der Waals surface area (Å²) in [5.41, 5.74) is 0.763. The highest BCUT2D eigenvalue weighted by Crippen LogP contribution is 2.58. The molecule has 3 rings (SSSR count). The van der Waals surface area contributed by atoms with Crippen LogP contribution in [-0.4, -0.2) is 16.6 Å². The number of nitrogens with zero attached hydrogens (tertiary/aromatic N) is 1. The van der Waals surface area contributed by atoms with Crippen LogP contribution in [0.25, 0.3) is 0 Å². The van der Waals surface area contributed by atoms with Gasteiger partial charge in [-0.1, -0.05) is 30.3 Å². The first-order valence-corrected chi connectivity index (χ1v) is 8.52. The lowest BCUT2D eigenvalue weighted by molar-refractivity contribution is -0.384. The van der Waals surface area contributed by atoms with Gasteiger partial charge < -0.3 is 10.1 Å². The second-order valence-corrected chi connectivity index (χ2v) is 7.57. The van der Waals surface area contributed by atoms with E-state index in [1.165, 1.54) is 12.1 Å². The summed E-state index contributed by atoms with van der Waals surface area (Å²) < 4.78 is 5.42. The van der Waals surface area contributed by atoms with Gasteiger partial charge in [-0.2, -0.15) is 0 Å². The number of amides is 1. The molecular formula is C20H22N2O4. The van der Waals surface area contributed by atoms with Crippen molar-refractivity contribution in [1.82, 2.24) is 5.32 Å². The molecule has 0 bridgehead atoms. The number of benzene rings is 2. The van der Waals surface area contributed by atoms with Crippen LogP contribution >= 0.6 is 0 Å². The van der Waals surface area contributed by atoms with Crippen molar-refractivity contribution in [2.24, 2.45) is 0 Å². The molecule has 1 aliphatic carbocycles. The summed E-state index contributed by atoms with van der Waals surface area (Å²) >= 11 is 0. The molecule has 136 valence electrons. The molecule has 2 aromatic carbocycles. The van der Waals surface area contributed by atoms with Gasteiger partial charge in [-0.05, 0) is 50.5 Å². The second-order valence-electron chi connectivity index (χ2n) is 7.57. The second kappa shape index (κ2) is 6.44. The van der Waals surface area contributed by atoms with Crippen LogP contribution in [-0.2, 0) is 10.3 Å². The fourth-order valence-electron chi connectivity index (χ4n) is 3.25. The third-order valence-electron chi connectivity index (χ3n) is 4.48. The van der Waals surface area contributed by atoms with E-state index >= 15 is 0 Å². The minimum absolute atomic E-state index is 0.0260. The predicted molar refractivity (Wildman–Crippen MR) is 97.9 cm³/mol. The Hall–Kier alpha value is -2.89. The minimum atomic E-state index is -0.612. The average Bonchev–Trinajstić information content (AvgIpc) is 3.29. The van der Waals surface area contributed by atoms with E-state index in [-0.39, 0.29) is 11.6 Å². The zero-order chi connectivity index (χ0) is 18.9. The molecule has 6 heteroatoms. The fourth-order valence-corrected chi connectivity index (χ4v) is 3.25. The Balaban J connectivity index is 1.90. The van der Waals surface area contributed by atoms with Gasteiger partial charge in [0.25, 0.3) is 5.69 Å². The molecule has 1 amide bonds. The summed E-state index contributed by atoms with van der Waals surface area (Å²) in [6.45, 7) is 5.44. The zero-order valence-corrected chi connectivity index (χ0v) is 15.1. The number of hydrogen-bond acceptors (Lipinski definition) is 4. The van der Waals surface area contributed by atoms with Crippen LogP contribution in [0.3, 0.4) is 0 Å². The van der Waals surface area contributed by atoms with Gasteiger partial charge in [-0.3, -0.25) is 10.1 Å². The first-order chi connectivity index (χ1) is 12.2. The number of carbonyl (C=O) groups is 1. The Morgan fingerprint density at radius 3 is 2.31 bits per heavy atom. The van der Waals surface area contributed by atoms with Gasteiger partial charge in [0.2, 0.25) is 0 Å². The quantitative estimate of drug-likeness (QED) is 0.647. The normalized spacial score (nSPS) is 21.7. The number of nitro benzene ring substituents is 1. The van der Waals surface area contributed by atoms with Crippen LogP contribution in [0.4, 0.5) is 10.5 Å². The molecular weight excluding hydrogens is 332 g/mol. The number of ether oxygens (including phenoxy) is 1. The summed E-state index contributed by atoms with van der Waals surface area (Å²) in [4.78, 5) is 22.9. The number of nitrogens with one attached hydrogen (secondary N) is 1. The van der Waals surface area contributed by atoms with Crippen molar-refractivity contribution < 1.29 is 14.5 Å². The molecule has 1 fully saturated rings. The Morgan fingerprint density at radius 1 is 1.15 bits per heavy atom. The summed E-state index contributed by atoms with van der Waals surface area (Å²) in [5.74, 6) is 0.0951. The number of nitro groups is 1. The van der Waals surface area contributed by atoms with E-state index in [9.17, 15) is 14.9 Å². The lowest BCUT2D eigenvalue weighted by atomic mass is 9.98. The number of rotatable bonds is 4. The average molecular weight is 354 g/mol. The van der Waals surface area contributed by atoms with Gasteiger partial charge in [0, 0.05) is 18.1 Å². The van der Waals surface area contributed by atoms with E-state index < -0.39 is 22.2 Å². The van der Waals surface area contributed by atoms with E-state index in [1.54, 1.807) is 12.1 Å². The standard InChI is InChI=1S/C20H22N2O4/c1-19(2,3)26-18(23)21-20(13-17(20)14-7-5-4-6-8-14)15-9-11-16(12-10-15)22(24)25/h4-12,17H,13H2,1-3H3,(H,21,23). The van der Waals surface area contributed by atoms with Gasteiger partial charge in [0.1, 0.15) is 5.60 Å². The molecule has 26 heavy (non-hydrogen) atoms. The molecule has 0 aromatic heterocycles. The van der Waals surface area contributed by atoms with Gasteiger partial charge in [-0.15, -0.1) is 0 Å². The van der Waals surface area contributed by atoms with Gasteiger partial charge in [0.15, 0.2) is 0 Å². The van der Waals surface area contributed by atoms with Crippen LogP contribution < -0.4 is 5.32 Å². The van der Waals surface area contributed by atoms with Crippen LogP contribution in [0.2, 0.25) is 0 Å². The molecule has 0 aliphatic heterocycles. The van der Waals surface area contributed by atoms with Crippen LogP contribution in [0.5, 0.6) is 0 Å². The molecule has 0 saturated heterocycles. The van der Waals surface area contributed by atoms with Crippen molar-refractivity contribution in [3.63, 3.8) is 0 Å². The summed E-state index contributed by atoms with van der Waals surface area (Å²) in [6, 6.07) is 16.3. The summed E-state index contributed by atoms with van der Waals surface area (Å²) in [5, 5.41) is 13.9. The number of hydrogen-bond donors (Lipinski definition) is 1. The first-order valence-electron chi connectivity index (χ1n) is 8.52. The third kappa shape index (κ3) is 3.69. The third-order valence-corrected chi connectivity index (χ3v) is 4.48. The molecule has 0 heterocycles. The maximum absolute atomic E-state index is 12.4. The van der Waals surface area contributed by atoms with Crippen molar-refractivity contribution >= 4 is 11.8 Å². The molecule has 1 aliphatic rings. The van der Waals surface area contributed by atoms with Crippen molar-refractivity contribution in [1.29, 1.82) is 0 Å². The Morgan fingerprint density at radius 2 is 1.77 bits per heavy atom. The van der Waals surface area contributed by atoms with Crippen LogP contribution in [0.1, 0.15) is 44.2 Å². The van der Waals surface area contributed by atoms with E-state index in [0.29, 0.717) is 6.42 Å². The first kappa shape index (κ1) is 17.9. The van der Waals surface area contributed by atoms with Gasteiger partial charge in [-0.25, -0.2) is 4.79 Å². The van der Waals surface area contributed by atoms with Gasteiger partial charge in [0.05, 0.1) is 10.5 Å². The number of non-ortho nitro benzene ring substituents is 1. The molecule has 2 atom stereocenters. The molecule has 1 saturated carbocycles. The maximum atomic E-state index is 12.4. The maximum Gasteiger partial charge on any atom is 0.408 e. The number of carbonyl (C=O) groups excluding carboxylic acids is 1. The lowest BCUT2D eigenvalue weighted by Gasteiger charge is -2.25.